The van der Waals surface area contributed by atoms with Crippen molar-refractivity contribution in [3.8, 4) is 11.5 Å². The van der Waals surface area contributed by atoms with E-state index in [2.05, 4.69) is 0 Å². The molecular formula is C14H17NO3. The molecule has 0 aromatic heterocycles. The quantitative estimate of drug-likeness (QED) is 0.819. The maximum absolute atomic E-state index is 11.9. The molecule has 0 atom stereocenters. The van der Waals surface area contributed by atoms with Gasteiger partial charge in [-0.1, -0.05) is 6.07 Å². The minimum atomic E-state index is 0.269. The van der Waals surface area contributed by atoms with Crippen LogP contribution in [0.3, 0.4) is 0 Å². The zero-order valence-electron chi connectivity index (χ0n) is 10.4. The Morgan fingerprint density at radius 2 is 1.94 bits per heavy atom. The summed E-state index contributed by atoms with van der Waals surface area (Å²) in [6.45, 7) is 2.16. The summed E-state index contributed by atoms with van der Waals surface area (Å²) in [6.07, 6.45) is 3.65. The molecule has 1 aromatic rings. The zero-order valence-corrected chi connectivity index (χ0v) is 10.4. The molecule has 0 saturated carbocycles. The van der Waals surface area contributed by atoms with E-state index in [-0.39, 0.29) is 5.91 Å². The SMILES string of the molecule is O=C(CCc1ccc2c(c1)OCO2)N1CCCC1. The molecule has 2 heterocycles. The molecule has 0 radical (unpaired) electrons. The molecule has 3 rings (SSSR count). The summed E-state index contributed by atoms with van der Waals surface area (Å²) in [5.74, 6) is 1.86. The molecule has 1 amide bonds. The molecule has 0 unspecified atom stereocenters. The maximum atomic E-state index is 11.9. The van der Waals surface area contributed by atoms with Crippen molar-refractivity contribution < 1.29 is 14.3 Å². The first-order valence-electron chi connectivity index (χ1n) is 6.49. The topological polar surface area (TPSA) is 38.8 Å². The van der Waals surface area contributed by atoms with E-state index < -0.39 is 0 Å². The minimum absolute atomic E-state index is 0.269. The number of carbonyl (C=O) groups is 1. The third-order valence-electron chi connectivity index (χ3n) is 3.52. The third kappa shape index (κ3) is 2.28. The fraction of sp³-hybridized carbons (Fsp3) is 0.500. The summed E-state index contributed by atoms with van der Waals surface area (Å²) in [7, 11) is 0. The van der Waals surface area contributed by atoms with Crippen LogP contribution in [0.4, 0.5) is 0 Å². The van der Waals surface area contributed by atoms with Crippen LogP contribution >= 0.6 is 0 Å². The Morgan fingerprint density at radius 3 is 2.78 bits per heavy atom. The summed E-state index contributed by atoms with van der Waals surface area (Å²) in [5, 5.41) is 0. The summed E-state index contributed by atoms with van der Waals surface area (Å²) < 4.78 is 10.6. The summed E-state index contributed by atoms with van der Waals surface area (Å²) >= 11 is 0. The molecule has 4 nitrogen and oxygen atoms in total. The molecule has 0 bridgehead atoms. The van der Waals surface area contributed by atoms with E-state index in [1.165, 1.54) is 0 Å². The van der Waals surface area contributed by atoms with Crippen LogP contribution in [0, 0.1) is 0 Å². The van der Waals surface area contributed by atoms with E-state index in [9.17, 15) is 4.79 Å². The highest BCUT2D eigenvalue weighted by atomic mass is 16.7. The number of aryl methyl sites for hydroxylation is 1. The number of likely N-dealkylation sites (tertiary alicyclic amines) is 1. The lowest BCUT2D eigenvalue weighted by Crippen LogP contribution is -2.27. The number of nitrogens with zero attached hydrogens (tertiary/aromatic N) is 1. The van der Waals surface area contributed by atoms with Gasteiger partial charge in [-0.05, 0) is 37.0 Å². The van der Waals surface area contributed by atoms with E-state index >= 15 is 0 Å². The Hall–Kier alpha value is -1.71. The van der Waals surface area contributed by atoms with E-state index in [0.717, 1.165) is 49.4 Å². The van der Waals surface area contributed by atoms with Gasteiger partial charge in [0.15, 0.2) is 11.5 Å². The number of hydrogen-bond acceptors (Lipinski definition) is 3. The molecule has 2 aliphatic rings. The van der Waals surface area contributed by atoms with Crippen LogP contribution in [0.5, 0.6) is 11.5 Å². The van der Waals surface area contributed by atoms with Gasteiger partial charge in [-0.3, -0.25) is 4.79 Å². The Morgan fingerprint density at radius 1 is 1.17 bits per heavy atom. The van der Waals surface area contributed by atoms with Crippen molar-refractivity contribution in [1.29, 1.82) is 0 Å². The number of benzene rings is 1. The second kappa shape index (κ2) is 4.88. The van der Waals surface area contributed by atoms with Crippen molar-refractivity contribution in [2.24, 2.45) is 0 Å². The van der Waals surface area contributed by atoms with Crippen molar-refractivity contribution in [2.45, 2.75) is 25.7 Å². The number of ether oxygens (including phenoxy) is 2. The minimum Gasteiger partial charge on any atom is -0.454 e. The smallest absolute Gasteiger partial charge is 0.231 e. The van der Waals surface area contributed by atoms with Crippen molar-refractivity contribution in [3.05, 3.63) is 23.8 Å². The number of fused-ring (bicyclic) bond motifs is 1. The summed E-state index contributed by atoms with van der Waals surface area (Å²) in [4.78, 5) is 13.9. The number of amides is 1. The first-order chi connectivity index (χ1) is 8.83. The molecule has 1 saturated heterocycles. The molecule has 0 aliphatic carbocycles. The molecule has 1 fully saturated rings. The van der Waals surface area contributed by atoms with Gasteiger partial charge >= 0.3 is 0 Å². The van der Waals surface area contributed by atoms with Gasteiger partial charge in [-0.2, -0.15) is 0 Å². The molecule has 1 aromatic carbocycles. The van der Waals surface area contributed by atoms with E-state index in [1.807, 2.05) is 23.1 Å². The Bertz CT molecular complexity index is 452. The van der Waals surface area contributed by atoms with Crippen molar-refractivity contribution in [2.75, 3.05) is 19.9 Å². The monoisotopic (exact) mass is 247 g/mol. The number of rotatable bonds is 3. The van der Waals surface area contributed by atoms with Gasteiger partial charge < -0.3 is 14.4 Å². The van der Waals surface area contributed by atoms with Crippen LogP contribution in [0.2, 0.25) is 0 Å². The maximum Gasteiger partial charge on any atom is 0.231 e. The number of hydrogen-bond donors (Lipinski definition) is 0. The van der Waals surface area contributed by atoms with Gasteiger partial charge in [0.2, 0.25) is 12.7 Å². The standard InChI is InChI=1S/C14H17NO3/c16-14(15-7-1-2-8-15)6-4-11-3-5-12-13(9-11)18-10-17-12/h3,5,9H,1-2,4,6-8,10H2. The molecule has 96 valence electrons. The fourth-order valence-corrected chi connectivity index (χ4v) is 2.47. The van der Waals surface area contributed by atoms with Crippen LogP contribution in [-0.2, 0) is 11.2 Å². The van der Waals surface area contributed by atoms with Crippen LogP contribution in [0.15, 0.2) is 18.2 Å². The van der Waals surface area contributed by atoms with Gasteiger partial charge in [-0.15, -0.1) is 0 Å². The molecule has 2 aliphatic heterocycles. The third-order valence-corrected chi connectivity index (χ3v) is 3.52. The lowest BCUT2D eigenvalue weighted by Gasteiger charge is -2.14. The van der Waals surface area contributed by atoms with Crippen LogP contribution < -0.4 is 9.47 Å². The summed E-state index contributed by atoms with van der Waals surface area (Å²) in [6, 6.07) is 5.89. The van der Waals surface area contributed by atoms with E-state index in [1.54, 1.807) is 0 Å². The van der Waals surface area contributed by atoms with Crippen molar-refractivity contribution >= 4 is 5.91 Å². The zero-order chi connectivity index (χ0) is 12.4. The Kier molecular flexibility index (Phi) is 3.09. The molecule has 0 N–H and O–H groups in total. The normalized spacial score (nSPS) is 17.2. The van der Waals surface area contributed by atoms with Gasteiger partial charge in [0, 0.05) is 19.5 Å². The first kappa shape index (κ1) is 11.4. The highest BCUT2D eigenvalue weighted by molar-refractivity contribution is 5.76. The average molecular weight is 247 g/mol. The van der Waals surface area contributed by atoms with Gasteiger partial charge in [-0.25, -0.2) is 0 Å². The van der Waals surface area contributed by atoms with Crippen molar-refractivity contribution in [3.63, 3.8) is 0 Å². The second-order valence-corrected chi connectivity index (χ2v) is 4.78. The molecular weight excluding hydrogens is 230 g/mol. The van der Waals surface area contributed by atoms with Gasteiger partial charge in [0.05, 0.1) is 0 Å². The van der Waals surface area contributed by atoms with Crippen molar-refractivity contribution in [1.82, 2.24) is 4.90 Å². The van der Waals surface area contributed by atoms with Crippen LogP contribution in [-0.4, -0.2) is 30.7 Å². The largest absolute Gasteiger partial charge is 0.454 e. The molecule has 0 spiro atoms. The highest BCUT2D eigenvalue weighted by Gasteiger charge is 2.18. The summed E-state index contributed by atoms with van der Waals surface area (Å²) in [5.41, 5.74) is 1.13. The fourth-order valence-electron chi connectivity index (χ4n) is 2.47. The predicted octanol–water partition coefficient (Wildman–Crippen LogP) is 1.97. The van der Waals surface area contributed by atoms with Crippen LogP contribution in [0.25, 0.3) is 0 Å². The van der Waals surface area contributed by atoms with Gasteiger partial charge in [0.1, 0.15) is 0 Å². The average Bonchev–Trinajstić information content (AvgIpc) is 3.05. The molecule has 4 heteroatoms. The number of carbonyl (C=O) groups excluding carboxylic acids is 1. The lowest BCUT2D eigenvalue weighted by molar-refractivity contribution is -0.130. The lowest BCUT2D eigenvalue weighted by atomic mass is 10.1. The van der Waals surface area contributed by atoms with Crippen LogP contribution in [0.1, 0.15) is 24.8 Å². The van der Waals surface area contributed by atoms with E-state index in [4.69, 9.17) is 9.47 Å². The predicted molar refractivity (Wildman–Crippen MR) is 66.7 cm³/mol. The van der Waals surface area contributed by atoms with E-state index in [0.29, 0.717) is 13.2 Å². The highest BCUT2D eigenvalue weighted by Crippen LogP contribution is 2.32. The molecule has 18 heavy (non-hydrogen) atoms. The first-order valence-corrected chi connectivity index (χ1v) is 6.49. The Labute approximate surface area is 106 Å². The Balaban J connectivity index is 1.58. The van der Waals surface area contributed by atoms with Gasteiger partial charge in [0.25, 0.3) is 0 Å². The second-order valence-electron chi connectivity index (χ2n) is 4.78.